The Morgan fingerprint density at radius 2 is 2.11 bits per heavy atom. The molecule has 102 valence electrons. The molecule has 4 nitrogen and oxygen atoms in total. The Morgan fingerprint density at radius 3 is 2.79 bits per heavy atom. The van der Waals surface area contributed by atoms with Crippen LogP contribution in [0.3, 0.4) is 0 Å². The molecule has 19 heavy (non-hydrogen) atoms. The van der Waals surface area contributed by atoms with Gasteiger partial charge < -0.3 is 5.32 Å². The van der Waals surface area contributed by atoms with Crippen LogP contribution in [0, 0.1) is 5.82 Å². The lowest BCUT2D eigenvalue weighted by molar-refractivity contribution is 0.473. The predicted molar refractivity (Wildman–Crippen MR) is 72.1 cm³/mol. The third-order valence-electron chi connectivity index (χ3n) is 3.05. The van der Waals surface area contributed by atoms with E-state index in [1.165, 1.54) is 6.07 Å². The summed E-state index contributed by atoms with van der Waals surface area (Å²) in [5, 5.41) is 7.52. The van der Waals surface area contributed by atoms with Crippen molar-refractivity contribution in [2.45, 2.75) is 39.4 Å². The average molecular weight is 262 g/mol. The van der Waals surface area contributed by atoms with Crippen LogP contribution in [0.5, 0.6) is 0 Å². The molecule has 2 aromatic rings. The van der Waals surface area contributed by atoms with Crippen molar-refractivity contribution in [2.75, 3.05) is 0 Å². The number of rotatable bonds is 5. The van der Waals surface area contributed by atoms with Gasteiger partial charge in [-0.3, -0.25) is 0 Å². The second kappa shape index (κ2) is 5.93. The van der Waals surface area contributed by atoms with Crippen molar-refractivity contribution in [1.82, 2.24) is 20.1 Å². The first kappa shape index (κ1) is 13.7. The first-order chi connectivity index (χ1) is 9.08. The van der Waals surface area contributed by atoms with E-state index in [-0.39, 0.29) is 17.9 Å². The van der Waals surface area contributed by atoms with Gasteiger partial charge in [-0.1, -0.05) is 12.1 Å². The standard InChI is InChI=1S/C14H19FN4/c1-10(2)19-14(17-9-18-19)8-16-11(3)12-5-4-6-13(15)7-12/h4-7,9-11,16H,8H2,1-3H3. The molecule has 1 atom stereocenters. The Balaban J connectivity index is 2.00. The minimum absolute atomic E-state index is 0.0630. The second-order valence-corrected chi connectivity index (χ2v) is 4.87. The molecule has 0 aliphatic carbocycles. The van der Waals surface area contributed by atoms with Crippen molar-refractivity contribution >= 4 is 0 Å². The van der Waals surface area contributed by atoms with E-state index in [4.69, 9.17) is 0 Å². The molecular formula is C14H19FN4. The number of hydrogen-bond donors (Lipinski definition) is 1. The van der Waals surface area contributed by atoms with Gasteiger partial charge in [-0.2, -0.15) is 5.10 Å². The Morgan fingerprint density at radius 1 is 1.32 bits per heavy atom. The molecule has 1 unspecified atom stereocenters. The van der Waals surface area contributed by atoms with Crippen molar-refractivity contribution in [3.05, 3.63) is 47.8 Å². The maximum absolute atomic E-state index is 13.2. The van der Waals surface area contributed by atoms with Crippen molar-refractivity contribution in [3.8, 4) is 0 Å². The molecular weight excluding hydrogens is 243 g/mol. The summed E-state index contributed by atoms with van der Waals surface area (Å²) in [6.07, 6.45) is 1.56. The minimum atomic E-state index is -0.212. The molecule has 0 aliphatic heterocycles. The molecule has 0 aliphatic rings. The van der Waals surface area contributed by atoms with Crippen LogP contribution >= 0.6 is 0 Å². The van der Waals surface area contributed by atoms with E-state index in [2.05, 4.69) is 29.2 Å². The SMILES string of the molecule is CC(NCc1ncnn1C(C)C)c1cccc(F)c1. The quantitative estimate of drug-likeness (QED) is 0.901. The zero-order valence-corrected chi connectivity index (χ0v) is 11.5. The molecule has 1 heterocycles. The van der Waals surface area contributed by atoms with E-state index >= 15 is 0 Å². The predicted octanol–water partition coefficient (Wildman–Crippen LogP) is 2.85. The van der Waals surface area contributed by atoms with Gasteiger partial charge in [0.25, 0.3) is 0 Å². The highest BCUT2D eigenvalue weighted by molar-refractivity contribution is 5.19. The molecule has 1 N–H and O–H groups in total. The molecule has 1 aromatic carbocycles. The monoisotopic (exact) mass is 262 g/mol. The van der Waals surface area contributed by atoms with Gasteiger partial charge >= 0.3 is 0 Å². The Labute approximate surface area is 112 Å². The van der Waals surface area contributed by atoms with Crippen molar-refractivity contribution in [1.29, 1.82) is 0 Å². The van der Waals surface area contributed by atoms with Crippen LogP contribution in [0.2, 0.25) is 0 Å². The number of halogens is 1. The number of nitrogens with zero attached hydrogens (tertiary/aromatic N) is 3. The minimum Gasteiger partial charge on any atom is -0.303 e. The van der Waals surface area contributed by atoms with Crippen molar-refractivity contribution in [2.24, 2.45) is 0 Å². The van der Waals surface area contributed by atoms with Crippen LogP contribution in [0.1, 0.15) is 44.2 Å². The fraction of sp³-hybridized carbons (Fsp3) is 0.429. The normalized spacial score (nSPS) is 12.9. The Bertz CT molecular complexity index is 536. The van der Waals surface area contributed by atoms with Crippen LogP contribution in [-0.4, -0.2) is 14.8 Å². The highest BCUT2D eigenvalue weighted by atomic mass is 19.1. The van der Waals surface area contributed by atoms with Gasteiger partial charge in [0, 0.05) is 12.1 Å². The van der Waals surface area contributed by atoms with Gasteiger partial charge in [0.05, 0.1) is 6.54 Å². The van der Waals surface area contributed by atoms with Gasteiger partial charge in [-0.05, 0) is 38.5 Å². The summed E-state index contributed by atoms with van der Waals surface area (Å²) in [6, 6.07) is 6.97. The highest BCUT2D eigenvalue weighted by Gasteiger charge is 2.10. The molecule has 0 fully saturated rings. The summed E-state index contributed by atoms with van der Waals surface area (Å²) >= 11 is 0. The average Bonchev–Trinajstić information content (AvgIpc) is 2.84. The topological polar surface area (TPSA) is 42.7 Å². The van der Waals surface area contributed by atoms with E-state index in [0.29, 0.717) is 6.54 Å². The number of aromatic nitrogens is 3. The van der Waals surface area contributed by atoms with Gasteiger partial charge in [0.2, 0.25) is 0 Å². The maximum Gasteiger partial charge on any atom is 0.141 e. The first-order valence-corrected chi connectivity index (χ1v) is 6.45. The third-order valence-corrected chi connectivity index (χ3v) is 3.05. The molecule has 1 aromatic heterocycles. The van der Waals surface area contributed by atoms with Gasteiger partial charge in [-0.25, -0.2) is 14.1 Å². The van der Waals surface area contributed by atoms with E-state index in [0.717, 1.165) is 11.4 Å². The van der Waals surface area contributed by atoms with Gasteiger partial charge in [0.1, 0.15) is 18.0 Å². The summed E-state index contributed by atoms with van der Waals surface area (Å²) in [7, 11) is 0. The molecule has 0 radical (unpaired) electrons. The van der Waals surface area contributed by atoms with Gasteiger partial charge in [0.15, 0.2) is 0 Å². The van der Waals surface area contributed by atoms with E-state index < -0.39 is 0 Å². The first-order valence-electron chi connectivity index (χ1n) is 6.45. The summed E-state index contributed by atoms with van der Waals surface area (Å²) < 4.78 is 15.0. The lowest BCUT2D eigenvalue weighted by atomic mass is 10.1. The summed E-state index contributed by atoms with van der Waals surface area (Å²) in [5.41, 5.74) is 0.926. The van der Waals surface area contributed by atoms with Gasteiger partial charge in [-0.15, -0.1) is 0 Å². The van der Waals surface area contributed by atoms with Crippen LogP contribution in [0.25, 0.3) is 0 Å². The van der Waals surface area contributed by atoms with E-state index in [1.807, 2.05) is 17.7 Å². The Hall–Kier alpha value is -1.75. The molecule has 0 amide bonds. The number of benzene rings is 1. The fourth-order valence-electron chi connectivity index (χ4n) is 1.97. The fourth-order valence-corrected chi connectivity index (χ4v) is 1.97. The van der Waals surface area contributed by atoms with Crippen LogP contribution in [0.4, 0.5) is 4.39 Å². The summed E-state index contributed by atoms with van der Waals surface area (Å²) in [4.78, 5) is 4.24. The van der Waals surface area contributed by atoms with Crippen molar-refractivity contribution < 1.29 is 4.39 Å². The van der Waals surface area contributed by atoms with Crippen LogP contribution < -0.4 is 5.32 Å². The van der Waals surface area contributed by atoms with Crippen molar-refractivity contribution in [3.63, 3.8) is 0 Å². The Kier molecular flexibility index (Phi) is 4.27. The van der Waals surface area contributed by atoms with E-state index in [9.17, 15) is 4.39 Å². The summed E-state index contributed by atoms with van der Waals surface area (Å²) in [6.45, 7) is 6.74. The van der Waals surface area contributed by atoms with E-state index in [1.54, 1.807) is 18.5 Å². The molecule has 0 saturated heterocycles. The maximum atomic E-state index is 13.2. The third kappa shape index (κ3) is 3.38. The zero-order valence-electron chi connectivity index (χ0n) is 11.5. The second-order valence-electron chi connectivity index (χ2n) is 4.87. The lowest BCUT2D eigenvalue weighted by Gasteiger charge is -2.15. The smallest absolute Gasteiger partial charge is 0.141 e. The zero-order chi connectivity index (χ0) is 13.8. The molecule has 0 saturated carbocycles. The highest BCUT2D eigenvalue weighted by Crippen LogP contribution is 2.14. The molecule has 0 bridgehead atoms. The van der Waals surface area contributed by atoms with Crippen LogP contribution in [0.15, 0.2) is 30.6 Å². The molecule has 0 spiro atoms. The molecule has 5 heteroatoms. The summed E-state index contributed by atoms with van der Waals surface area (Å²) in [5.74, 6) is 0.676. The van der Waals surface area contributed by atoms with Crippen LogP contribution in [-0.2, 0) is 6.54 Å². The lowest BCUT2D eigenvalue weighted by Crippen LogP contribution is -2.21. The number of nitrogens with one attached hydrogen (secondary N) is 1. The molecule has 2 rings (SSSR count). The largest absolute Gasteiger partial charge is 0.303 e. The number of hydrogen-bond acceptors (Lipinski definition) is 3.